The molecule has 2 rings (SSSR count). The van der Waals surface area contributed by atoms with Crippen LogP contribution in [0.15, 0.2) is 18.2 Å². The lowest BCUT2D eigenvalue weighted by Gasteiger charge is -2.11. The number of benzene rings is 1. The van der Waals surface area contributed by atoms with Crippen LogP contribution >= 0.6 is 0 Å². The zero-order chi connectivity index (χ0) is 13.0. The Hall–Kier alpha value is -1.46. The molecule has 1 fully saturated rings. The fourth-order valence-electron chi connectivity index (χ4n) is 1.98. The molecule has 0 radical (unpaired) electrons. The van der Waals surface area contributed by atoms with E-state index in [0.29, 0.717) is 12.2 Å². The zero-order valence-electron chi connectivity index (χ0n) is 10.1. The number of amidine groups is 1. The fourth-order valence-corrected chi connectivity index (χ4v) is 1.98. The third kappa shape index (κ3) is 3.05. The topological polar surface area (TPSA) is 68.3 Å². The van der Waals surface area contributed by atoms with Crippen molar-refractivity contribution in [1.29, 1.82) is 5.41 Å². The summed E-state index contributed by atoms with van der Waals surface area (Å²) in [4.78, 5) is 0. The van der Waals surface area contributed by atoms with Crippen LogP contribution in [-0.4, -0.2) is 25.2 Å². The second-order valence-corrected chi connectivity index (χ2v) is 4.34. The predicted octanol–water partition coefficient (Wildman–Crippen LogP) is 1.81. The Morgan fingerprint density at radius 3 is 3.06 bits per heavy atom. The smallest absolute Gasteiger partial charge is 0.139 e. The standard InChI is InChI=1S/C13H17FN2O2/c14-12-9(3-1-5-11(12)13(15)16)7-17-8-10-4-2-6-18-10/h1,3,5,10H,2,4,6-8H2,(H3,15,16). The SMILES string of the molecule is N=C(N)c1cccc(COCC2CCCO2)c1F. The fraction of sp³-hybridized carbons (Fsp3) is 0.462. The highest BCUT2D eigenvalue weighted by Gasteiger charge is 2.16. The lowest BCUT2D eigenvalue weighted by Crippen LogP contribution is -2.16. The number of hydrogen-bond donors (Lipinski definition) is 2. The molecule has 4 nitrogen and oxygen atoms in total. The molecule has 0 spiro atoms. The minimum absolute atomic E-state index is 0.119. The summed E-state index contributed by atoms with van der Waals surface area (Å²) in [5.74, 6) is -0.745. The highest BCUT2D eigenvalue weighted by molar-refractivity contribution is 5.95. The maximum atomic E-state index is 13.9. The molecule has 0 aromatic heterocycles. The molecule has 98 valence electrons. The van der Waals surface area contributed by atoms with E-state index in [9.17, 15) is 4.39 Å². The lowest BCUT2D eigenvalue weighted by atomic mass is 10.1. The Morgan fingerprint density at radius 2 is 2.39 bits per heavy atom. The van der Waals surface area contributed by atoms with Crippen LogP contribution in [0.2, 0.25) is 0 Å². The molecular weight excluding hydrogens is 235 g/mol. The number of hydrogen-bond acceptors (Lipinski definition) is 3. The molecule has 0 bridgehead atoms. The van der Waals surface area contributed by atoms with Gasteiger partial charge in [0.15, 0.2) is 0 Å². The molecule has 1 atom stereocenters. The van der Waals surface area contributed by atoms with Gasteiger partial charge in [0.05, 0.1) is 24.9 Å². The lowest BCUT2D eigenvalue weighted by molar-refractivity contribution is 0.00982. The first kappa shape index (κ1) is 13.0. The monoisotopic (exact) mass is 252 g/mol. The Bertz CT molecular complexity index is 431. The van der Waals surface area contributed by atoms with Crippen LogP contribution in [0.25, 0.3) is 0 Å². The molecule has 3 N–H and O–H groups in total. The molecule has 1 saturated heterocycles. The summed E-state index contributed by atoms with van der Waals surface area (Å²) in [7, 11) is 0. The van der Waals surface area contributed by atoms with Gasteiger partial charge in [-0.15, -0.1) is 0 Å². The summed E-state index contributed by atoms with van der Waals surface area (Å²) in [5.41, 5.74) is 5.83. The van der Waals surface area contributed by atoms with Gasteiger partial charge < -0.3 is 15.2 Å². The van der Waals surface area contributed by atoms with E-state index in [1.165, 1.54) is 6.07 Å². The molecule has 1 aliphatic rings. The van der Waals surface area contributed by atoms with Crippen molar-refractivity contribution < 1.29 is 13.9 Å². The average molecular weight is 252 g/mol. The van der Waals surface area contributed by atoms with Crippen LogP contribution in [0, 0.1) is 11.2 Å². The molecule has 1 aliphatic heterocycles. The van der Waals surface area contributed by atoms with Gasteiger partial charge >= 0.3 is 0 Å². The maximum absolute atomic E-state index is 13.9. The largest absolute Gasteiger partial charge is 0.384 e. The second kappa shape index (κ2) is 5.93. The number of nitrogens with one attached hydrogen (secondary N) is 1. The molecule has 1 aromatic rings. The molecule has 0 saturated carbocycles. The van der Waals surface area contributed by atoms with E-state index < -0.39 is 5.82 Å². The Labute approximate surface area is 105 Å². The third-order valence-corrected chi connectivity index (χ3v) is 2.95. The average Bonchev–Trinajstić information content (AvgIpc) is 2.84. The van der Waals surface area contributed by atoms with Crippen LogP contribution in [0.4, 0.5) is 4.39 Å². The van der Waals surface area contributed by atoms with E-state index in [-0.39, 0.29) is 24.1 Å². The number of halogens is 1. The van der Waals surface area contributed by atoms with E-state index in [1.807, 2.05) is 0 Å². The Kier molecular flexibility index (Phi) is 4.28. The van der Waals surface area contributed by atoms with Gasteiger partial charge in [-0.25, -0.2) is 4.39 Å². The predicted molar refractivity (Wildman–Crippen MR) is 66.0 cm³/mol. The highest BCUT2D eigenvalue weighted by atomic mass is 19.1. The third-order valence-electron chi connectivity index (χ3n) is 2.95. The number of rotatable bonds is 5. The molecule has 5 heteroatoms. The zero-order valence-corrected chi connectivity index (χ0v) is 10.1. The van der Waals surface area contributed by atoms with Crippen molar-refractivity contribution in [3.8, 4) is 0 Å². The van der Waals surface area contributed by atoms with Crippen LogP contribution < -0.4 is 5.73 Å². The van der Waals surface area contributed by atoms with Crippen molar-refractivity contribution in [2.45, 2.75) is 25.6 Å². The van der Waals surface area contributed by atoms with Crippen LogP contribution in [0.3, 0.4) is 0 Å². The number of ether oxygens (including phenoxy) is 2. The quantitative estimate of drug-likeness (QED) is 0.620. The summed E-state index contributed by atoms with van der Waals surface area (Å²) in [5, 5.41) is 7.26. The van der Waals surface area contributed by atoms with Gasteiger partial charge in [0.25, 0.3) is 0 Å². The van der Waals surface area contributed by atoms with Gasteiger partial charge in [0.2, 0.25) is 0 Å². The summed E-state index contributed by atoms with van der Waals surface area (Å²) < 4.78 is 24.7. The summed E-state index contributed by atoms with van der Waals surface area (Å²) in [6.45, 7) is 1.43. The van der Waals surface area contributed by atoms with Crippen LogP contribution in [-0.2, 0) is 16.1 Å². The molecule has 1 aromatic carbocycles. The van der Waals surface area contributed by atoms with E-state index in [0.717, 1.165) is 19.4 Å². The van der Waals surface area contributed by atoms with Gasteiger partial charge in [0.1, 0.15) is 11.7 Å². The first-order valence-electron chi connectivity index (χ1n) is 5.99. The Morgan fingerprint density at radius 1 is 1.56 bits per heavy atom. The van der Waals surface area contributed by atoms with Crippen molar-refractivity contribution in [1.82, 2.24) is 0 Å². The van der Waals surface area contributed by atoms with E-state index in [4.69, 9.17) is 20.6 Å². The van der Waals surface area contributed by atoms with Crippen molar-refractivity contribution in [2.75, 3.05) is 13.2 Å². The van der Waals surface area contributed by atoms with Gasteiger partial charge in [-0.05, 0) is 18.9 Å². The van der Waals surface area contributed by atoms with Gasteiger partial charge in [-0.2, -0.15) is 0 Å². The maximum Gasteiger partial charge on any atom is 0.139 e. The molecule has 0 aliphatic carbocycles. The van der Waals surface area contributed by atoms with Gasteiger partial charge in [0, 0.05) is 12.2 Å². The summed E-state index contributed by atoms with van der Waals surface area (Å²) in [6, 6.07) is 4.79. The van der Waals surface area contributed by atoms with Crippen molar-refractivity contribution >= 4 is 5.84 Å². The van der Waals surface area contributed by atoms with E-state index >= 15 is 0 Å². The van der Waals surface area contributed by atoms with Gasteiger partial charge in [-0.3, -0.25) is 5.41 Å². The molecule has 0 amide bonds. The number of nitrogen functional groups attached to an aromatic ring is 1. The first-order valence-corrected chi connectivity index (χ1v) is 5.99. The van der Waals surface area contributed by atoms with Crippen LogP contribution in [0.5, 0.6) is 0 Å². The van der Waals surface area contributed by atoms with Gasteiger partial charge in [-0.1, -0.05) is 12.1 Å². The molecule has 1 heterocycles. The van der Waals surface area contributed by atoms with E-state index in [2.05, 4.69) is 0 Å². The minimum Gasteiger partial charge on any atom is -0.384 e. The van der Waals surface area contributed by atoms with E-state index in [1.54, 1.807) is 12.1 Å². The first-order chi connectivity index (χ1) is 8.68. The molecule has 1 unspecified atom stereocenters. The normalized spacial score (nSPS) is 19.1. The summed E-state index contributed by atoms with van der Waals surface area (Å²) >= 11 is 0. The second-order valence-electron chi connectivity index (χ2n) is 4.34. The highest BCUT2D eigenvalue weighted by Crippen LogP contribution is 2.16. The van der Waals surface area contributed by atoms with Crippen molar-refractivity contribution in [3.63, 3.8) is 0 Å². The van der Waals surface area contributed by atoms with Crippen LogP contribution in [0.1, 0.15) is 24.0 Å². The minimum atomic E-state index is -0.475. The summed E-state index contributed by atoms with van der Waals surface area (Å²) in [6.07, 6.45) is 2.18. The number of nitrogens with two attached hydrogens (primary N) is 1. The Balaban J connectivity index is 1.92. The molecular formula is C13H17FN2O2. The van der Waals surface area contributed by atoms with Crippen molar-refractivity contribution in [3.05, 3.63) is 35.1 Å². The molecule has 18 heavy (non-hydrogen) atoms. The van der Waals surface area contributed by atoms with Crippen molar-refractivity contribution in [2.24, 2.45) is 5.73 Å².